The van der Waals surface area contributed by atoms with Gasteiger partial charge >= 0.3 is 0 Å². The fourth-order valence-corrected chi connectivity index (χ4v) is 1.61. The number of phenols is 1. The number of hydrogen-bond donors (Lipinski definition) is 1. The summed E-state index contributed by atoms with van der Waals surface area (Å²) in [6.07, 6.45) is 2.21. The number of aromatic hydroxyl groups is 1. The van der Waals surface area contributed by atoms with E-state index >= 15 is 0 Å². The predicted molar refractivity (Wildman–Crippen MR) is 53.3 cm³/mol. The molecule has 0 radical (unpaired) electrons. The molecular formula is C11H13NO. The van der Waals surface area contributed by atoms with E-state index in [1.807, 2.05) is 12.1 Å². The minimum atomic E-state index is 0.315. The van der Waals surface area contributed by atoms with E-state index in [0.29, 0.717) is 11.8 Å². The molecule has 1 heterocycles. The van der Waals surface area contributed by atoms with Gasteiger partial charge in [0.15, 0.2) is 0 Å². The van der Waals surface area contributed by atoms with E-state index in [4.69, 9.17) is 5.11 Å². The van der Waals surface area contributed by atoms with Crippen molar-refractivity contribution in [2.24, 2.45) is 4.99 Å². The lowest BCUT2D eigenvalue weighted by molar-refractivity contribution is 0.475. The molecule has 1 unspecified atom stereocenters. The van der Waals surface area contributed by atoms with Crippen molar-refractivity contribution >= 4 is 5.71 Å². The Kier molecular flexibility index (Phi) is 2.05. The highest BCUT2D eigenvalue weighted by atomic mass is 16.3. The van der Waals surface area contributed by atoms with Gasteiger partial charge in [-0.05, 0) is 49.6 Å². The van der Waals surface area contributed by atoms with Crippen LogP contribution in [-0.4, -0.2) is 16.9 Å². The van der Waals surface area contributed by atoms with Crippen molar-refractivity contribution < 1.29 is 5.11 Å². The molecule has 2 heteroatoms. The first-order chi connectivity index (χ1) is 6.25. The van der Waals surface area contributed by atoms with E-state index in [1.165, 1.54) is 5.71 Å². The number of benzene rings is 1. The van der Waals surface area contributed by atoms with Gasteiger partial charge in [0.1, 0.15) is 5.75 Å². The second-order valence-electron chi connectivity index (χ2n) is 3.51. The van der Waals surface area contributed by atoms with E-state index in [9.17, 15) is 0 Å². The SMILES string of the molecule is CC1CCC(c2ccc(O)cc2)=N1. The van der Waals surface area contributed by atoms with E-state index in [1.54, 1.807) is 12.1 Å². The molecule has 0 fully saturated rings. The van der Waals surface area contributed by atoms with Crippen LogP contribution in [0.25, 0.3) is 0 Å². The van der Waals surface area contributed by atoms with Crippen molar-refractivity contribution in [3.05, 3.63) is 29.8 Å². The van der Waals surface area contributed by atoms with Gasteiger partial charge in [0.2, 0.25) is 0 Å². The van der Waals surface area contributed by atoms with Crippen molar-refractivity contribution in [2.45, 2.75) is 25.8 Å². The van der Waals surface area contributed by atoms with Crippen LogP contribution in [0.1, 0.15) is 25.3 Å². The van der Waals surface area contributed by atoms with Crippen molar-refractivity contribution in [1.82, 2.24) is 0 Å². The van der Waals surface area contributed by atoms with Gasteiger partial charge in [-0.3, -0.25) is 4.99 Å². The third kappa shape index (κ3) is 1.72. The maximum Gasteiger partial charge on any atom is 0.115 e. The highest BCUT2D eigenvalue weighted by Gasteiger charge is 2.13. The summed E-state index contributed by atoms with van der Waals surface area (Å²) in [6, 6.07) is 7.73. The van der Waals surface area contributed by atoms with Crippen LogP contribution in [0, 0.1) is 0 Å². The molecule has 0 saturated carbocycles. The summed E-state index contributed by atoms with van der Waals surface area (Å²) in [4.78, 5) is 4.52. The third-order valence-electron chi connectivity index (χ3n) is 2.38. The maximum absolute atomic E-state index is 9.11. The zero-order valence-corrected chi connectivity index (χ0v) is 7.70. The number of aliphatic imine (C=N–C) groups is 1. The monoisotopic (exact) mass is 175 g/mol. The third-order valence-corrected chi connectivity index (χ3v) is 2.38. The molecule has 1 aromatic rings. The molecular weight excluding hydrogens is 162 g/mol. The van der Waals surface area contributed by atoms with E-state index in [2.05, 4.69) is 11.9 Å². The highest BCUT2D eigenvalue weighted by molar-refractivity contribution is 6.01. The number of phenolic OH excluding ortho intramolecular Hbond substituents is 1. The molecule has 0 bridgehead atoms. The fraction of sp³-hybridized carbons (Fsp3) is 0.364. The molecule has 0 saturated heterocycles. The largest absolute Gasteiger partial charge is 0.508 e. The molecule has 1 N–H and O–H groups in total. The summed E-state index contributed by atoms with van der Waals surface area (Å²) >= 11 is 0. The van der Waals surface area contributed by atoms with Crippen molar-refractivity contribution in [3.63, 3.8) is 0 Å². The van der Waals surface area contributed by atoms with Gasteiger partial charge in [-0.15, -0.1) is 0 Å². The zero-order valence-electron chi connectivity index (χ0n) is 7.70. The number of hydrogen-bond acceptors (Lipinski definition) is 2. The van der Waals surface area contributed by atoms with Gasteiger partial charge in [0.25, 0.3) is 0 Å². The molecule has 1 aliphatic heterocycles. The van der Waals surface area contributed by atoms with Crippen LogP contribution in [-0.2, 0) is 0 Å². The van der Waals surface area contributed by atoms with E-state index in [0.717, 1.165) is 18.4 Å². The maximum atomic E-state index is 9.11. The lowest BCUT2D eigenvalue weighted by Crippen LogP contribution is -1.94. The Labute approximate surface area is 77.9 Å². The molecule has 0 amide bonds. The Morgan fingerprint density at radius 1 is 1.31 bits per heavy atom. The van der Waals surface area contributed by atoms with Crippen molar-refractivity contribution in [3.8, 4) is 5.75 Å². The summed E-state index contributed by atoms with van der Waals surface area (Å²) in [6.45, 7) is 2.13. The lowest BCUT2D eigenvalue weighted by atomic mass is 10.1. The van der Waals surface area contributed by atoms with Crippen LogP contribution in [0.2, 0.25) is 0 Å². The average molecular weight is 175 g/mol. The normalized spacial score (nSPS) is 21.6. The van der Waals surface area contributed by atoms with Gasteiger partial charge < -0.3 is 5.11 Å². The van der Waals surface area contributed by atoms with Gasteiger partial charge in [0.05, 0.1) is 0 Å². The molecule has 1 aliphatic rings. The zero-order chi connectivity index (χ0) is 9.26. The van der Waals surface area contributed by atoms with Crippen LogP contribution < -0.4 is 0 Å². The smallest absolute Gasteiger partial charge is 0.115 e. The molecule has 2 rings (SSSR count). The summed E-state index contributed by atoms with van der Waals surface area (Å²) in [5.74, 6) is 0.315. The van der Waals surface area contributed by atoms with Crippen molar-refractivity contribution in [1.29, 1.82) is 0 Å². The Balaban J connectivity index is 2.26. The van der Waals surface area contributed by atoms with Crippen LogP contribution in [0.3, 0.4) is 0 Å². The topological polar surface area (TPSA) is 32.6 Å². The van der Waals surface area contributed by atoms with Gasteiger partial charge in [0, 0.05) is 11.8 Å². The Bertz CT molecular complexity index is 326. The summed E-state index contributed by atoms with van der Waals surface area (Å²) < 4.78 is 0. The van der Waals surface area contributed by atoms with Crippen LogP contribution in [0.4, 0.5) is 0 Å². The van der Waals surface area contributed by atoms with Crippen LogP contribution in [0.15, 0.2) is 29.3 Å². The Hall–Kier alpha value is -1.31. The van der Waals surface area contributed by atoms with E-state index < -0.39 is 0 Å². The summed E-state index contributed by atoms with van der Waals surface area (Å²) in [5.41, 5.74) is 2.31. The van der Waals surface area contributed by atoms with Crippen molar-refractivity contribution in [2.75, 3.05) is 0 Å². The minimum absolute atomic E-state index is 0.315. The number of nitrogens with zero attached hydrogens (tertiary/aromatic N) is 1. The average Bonchev–Trinajstić information content (AvgIpc) is 2.53. The standard InChI is InChI=1S/C11H13NO/c1-8-2-7-11(12-8)9-3-5-10(13)6-4-9/h3-6,8,13H,2,7H2,1H3. The highest BCUT2D eigenvalue weighted by Crippen LogP contribution is 2.19. The second kappa shape index (κ2) is 3.21. The molecule has 13 heavy (non-hydrogen) atoms. The van der Waals surface area contributed by atoms with Gasteiger partial charge in [-0.25, -0.2) is 0 Å². The van der Waals surface area contributed by atoms with Crippen LogP contribution in [0.5, 0.6) is 5.75 Å². The summed E-state index contributed by atoms with van der Waals surface area (Å²) in [5, 5.41) is 9.11. The minimum Gasteiger partial charge on any atom is -0.508 e. The molecule has 0 aromatic heterocycles. The lowest BCUT2D eigenvalue weighted by Gasteiger charge is -1.99. The molecule has 1 atom stereocenters. The first-order valence-corrected chi connectivity index (χ1v) is 4.62. The first-order valence-electron chi connectivity index (χ1n) is 4.62. The molecule has 0 aliphatic carbocycles. The van der Waals surface area contributed by atoms with Gasteiger partial charge in [-0.1, -0.05) is 0 Å². The van der Waals surface area contributed by atoms with Gasteiger partial charge in [-0.2, -0.15) is 0 Å². The molecule has 68 valence electrons. The Morgan fingerprint density at radius 3 is 2.54 bits per heavy atom. The number of rotatable bonds is 1. The summed E-state index contributed by atoms with van der Waals surface area (Å²) in [7, 11) is 0. The molecule has 1 aromatic carbocycles. The van der Waals surface area contributed by atoms with Crippen LogP contribution >= 0.6 is 0 Å². The quantitative estimate of drug-likeness (QED) is 0.698. The Morgan fingerprint density at radius 2 is 2.00 bits per heavy atom. The second-order valence-corrected chi connectivity index (χ2v) is 3.51. The predicted octanol–water partition coefficient (Wildman–Crippen LogP) is 2.36. The molecule has 2 nitrogen and oxygen atoms in total. The fourth-order valence-electron chi connectivity index (χ4n) is 1.61. The molecule has 0 spiro atoms. The first kappa shape index (κ1) is 8.30. The van der Waals surface area contributed by atoms with E-state index in [-0.39, 0.29) is 0 Å².